The van der Waals surface area contributed by atoms with Gasteiger partial charge in [0.1, 0.15) is 0 Å². The number of amides is 1. The highest BCUT2D eigenvalue weighted by molar-refractivity contribution is 7.16. The first-order valence-corrected chi connectivity index (χ1v) is 8.80. The topological polar surface area (TPSA) is 82.5 Å². The van der Waals surface area contributed by atoms with E-state index in [9.17, 15) is 9.59 Å². The quantitative estimate of drug-likeness (QED) is 0.672. The van der Waals surface area contributed by atoms with Crippen molar-refractivity contribution in [2.24, 2.45) is 0 Å². The smallest absolute Gasteiger partial charge is 0.357 e. The number of aryl methyl sites for hydroxylation is 1. The lowest BCUT2D eigenvalue weighted by Crippen LogP contribution is -2.12. The molecule has 0 spiro atoms. The van der Waals surface area contributed by atoms with E-state index in [0.29, 0.717) is 28.7 Å². The van der Waals surface area contributed by atoms with Crippen molar-refractivity contribution in [2.45, 2.75) is 13.5 Å². The van der Waals surface area contributed by atoms with Crippen molar-refractivity contribution in [3.8, 4) is 0 Å². The van der Waals surface area contributed by atoms with Crippen LogP contribution in [-0.2, 0) is 16.0 Å². The van der Waals surface area contributed by atoms with E-state index in [0.717, 1.165) is 10.9 Å². The molecule has 1 aromatic carbocycles. The van der Waals surface area contributed by atoms with Crippen LogP contribution >= 0.6 is 11.3 Å². The summed E-state index contributed by atoms with van der Waals surface area (Å²) in [5.41, 5.74) is 1.73. The van der Waals surface area contributed by atoms with Crippen LogP contribution in [0.15, 0.2) is 30.5 Å². The van der Waals surface area contributed by atoms with E-state index in [1.54, 1.807) is 20.1 Å². The van der Waals surface area contributed by atoms with E-state index >= 15 is 0 Å². The van der Waals surface area contributed by atoms with Gasteiger partial charge in [-0.2, -0.15) is 0 Å². The van der Waals surface area contributed by atoms with E-state index in [4.69, 9.17) is 9.47 Å². The summed E-state index contributed by atoms with van der Waals surface area (Å²) >= 11 is 1.24. The second-order valence-electron chi connectivity index (χ2n) is 5.61. The fourth-order valence-corrected chi connectivity index (χ4v) is 3.50. The molecular formula is C18H19N3O4S. The number of carbonyl (C=O) groups is 2. The maximum absolute atomic E-state index is 12.7. The fourth-order valence-electron chi connectivity index (χ4n) is 2.71. The number of rotatable bonds is 6. The van der Waals surface area contributed by atoms with Crippen molar-refractivity contribution in [2.75, 3.05) is 26.1 Å². The van der Waals surface area contributed by atoms with Crippen LogP contribution < -0.4 is 5.32 Å². The lowest BCUT2D eigenvalue weighted by atomic mass is 10.1. The molecule has 0 aliphatic rings. The number of nitrogens with one attached hydrogen (secondary N) is 1. The van der Waals surface area contributed by atoms with Gasteiger partial charge in [0.2, 0.25) is 0 Å². The van der Waals surface area contributed by atoms with Gasteiger partial charge in [-0.1, -0.05) is 6.07 Å². The molecule has 2 aromatic heterocycles. The second kappa shape index (κ2) is 7.67. The number of hydrogen-bond donors (Lipinski definition) is 1. The molecule has 1 N–H and O–H groups in total. The Morgan fingerprint density at radius 2 is 2.08 bits per heavy atom. The maximum Gasteiger partial charge on any atom is 0.357 e. The molecule has 26 heavy (non-hydrogen) atoms. The average molecular weight is 373 g/mol. The number of thiazole rings is 1. The molecule has 0 saturated carbocycles. The number of nitrogens with zero attached hydrogens (tertiary/aromatic N) is 2. The molecule has 0 saturated heterocycles. The van der Waals surface area contributed by atoms with Crippen LogP contribution in [-0.4, -0.2) is 42.3 Å². The number of carbonyl (C=O) groups excluding carboxylic acids is 2. The number of hydrogen-bond acceptors (Lipinski definition) is 6. The van der Waals surface area contributed by atoms with Crippen molar-refractivity contribution in [3.63, 3.8) is 0 Å². The molecule has 2 heterocycles. The number of anilines is 1. The van der Waals surface area contributed by atoms with Crippen molar-refractivity contribution in [1.29, 1.82) is 0 Å². The molecule has 0 fully saturated rings. The first-order valence-electron chi connectivity index (χ1n) is 7.99. The zero-order chi connectivity index (χ0) is 18.7. The predicted molar refractivity (Wildman–Crippen MR) is 100.0 cm³/mol. The van der Waals surface area contributed by atoms with Gasteiger partial charge in [-0.25, -0.2) is 9.78 Å². The average Bonchev–Trinajstić information content (AvgIpc) is 3.22. The van der Waals surface area contributed by atoms with Gasteiger partial charge in [0, 0.05) is 41.2 Å². The maximum atomic E-state index is 12.7. The Kier molecular flexibility index (Phi) is 5.34. The van der Waals surface area contributed by atoms with E-state index in [2.05, 4.69) is 10.3 Å². The summed E-state index contributed by atoms with van der Waals surface area (Å²) in [4.78, 5) is 29.2. The number of methoxy groups -OCH3 is 2. The minimum absolute atomic E-state index is 0.219. The van der Waals surface area contributed by atoms with Crippen LogP contribution in [0.2, 0.25) is 0 Å². The standard InChI is InChI=1S/C18H19N3O4S/c1-11-15(17(23)25-3)19-18(26-11)20-16(22)13-5-4-6-14-12(13)7-8-21(14)9-10-24-2/h4-8H,9-10H2,1-3H3,(H,19,20,22). The number of aromatic nitrogens is 2. The van der Waals surface area contributed by atoms with E-state index in [-0.39, 0.29) is 11.6 Å². The van der Waals surface area contributed by atoms with Crippen LogP contribution in [0.25, 0.3) is 10.9 Å². The van der Waals surface area contributed by atoms with E-state index in [1.807, 2.05) is 29.0 Å². The Bertz CT molecular complexity index is 961. The van der Waals surface area contributed by atoms with Gasteiger partial charge in [-0.15, -0.1) is 11.3 Å². The summed E-state index contributed by atoms with van der Waals surface area (Å²) in [6.45, 7) is 3.06. The van der Waals surface area contributed by atoms with Crippen LogP contribution in [0.5, 0.6) is 0 Å². The lowest BCUT2D eigenvalue weighted by Gasteiger charge is -2.06. The third kappa shape index (κ3) is 3.47. The molecule has 0 radical (unpaired) electrons. The summed E-state index contributed by atoms with van der Waals surface area (Å²) in [5, 5.41) is 3.98. The van der Waals surface area contributed by atoms with Crippen LogP contribution in [0.4, 0.5) is 5.13 Å². The van der Waals surface area contributed by atoms with Gasteiger partial charge in [0.05, 0.1) is 13.7 Å². The molecular weight excluding hydrogens is 354 g/mol. The fraction of sp³-hybridized carbons (Fsp3) is 0.278. The first-order chi connectivity index (χ1) is 12.5. The summed E-state index contributed by atoms with van der Waals surface area (Å²) in [6, 6.07) is 7.48. The molecule has 136 valence electrons. The number of fused-ring (bicyclic) bond motifs is 1. The normalized spacial score (nSPS) is 10.9. The number of benzene rings is 1. The SMILES string of the molecule is COCCn1ccc2c(C(=O)Nc3nc(C(=O)OC)c(C)s3)cccc21. The Morgan fingerprint density at radius 3 is 2.81 bits per heavy atom. The number of ether oxygens (including phenoxy) is 2. The first kappa shape index (κ1) is 18.1. The summed E-state index contributed by atoms with van der Waals surface area (Å²) in [5.74, 6) is -0.790. The van der Waals surface area contributed by atoms with Crippen LogP contribution in [0.1, 0.15) is 25.7 Å². The summed E-state index contributed by atoms with van der Waals surface area (Å²) in [6.07, 6.45) is 1.93. The van der Waals surface area contributed by atoms with E-state index < -0.39 is 5.97 Å². The minimum Gasteiger partial charge on any atom is -0.464 e. The second-order valence-corrected chi connectivity index (χ2v) is 6.81. The van der Waals surface area contributed by atoms with Crippen LogP contribution in [0, 0.1) is 6.92 Å². The molecule has 0 aliphatic heterocycles. The van der Waals surface area contributed by atoms with Gasteiger partial charge in [-0.05, 0) is 25.1 Å². The summed E-state index contributed by atoms with van der Waals surface area (Å²) < 4.78 is 11.9. The Morgan fingerprint density at radius 1 is 1.27 bits per heavy atom. The Hall–Kier alpha value is -2.71. The van der Waals surface area contributed by atoms with Crippen LogP contribution in [0.3, 0.4) is 0 Å². The van der Waals surface area contributed by atoms with Gasteiger partial charge < -0.3 is 14.0 Å². The zero-order valence-corrected chi connectivity index (χ0v) is 15.6. The highest BCUT2D eigenvalue weighted by Gasteiger charge is 2.18. The molecule has 0 aliphatic carbocycles. The molecule has 8 heteroatoms. The highest BCUT2D eigenvalue weighted by atomic mass is 32.1. The highest BCUT2D eigenvalue weighted by Crippen LogP contribution is 2.25. The molecule has 1 amide bonds. The molecule has 0 atom stereocenters. The third-order valence-electron chi connectivity index (χ3n) is 3.99. The molecule has 0 unspecified atom stereocenters. The Balaban J connectivity index is 1.86. The lowest BCUT2D eigenvalue weighted by molar-refractivity contribution is 0.0594. The van der Waals surface area contributed by atoms with Gasteiger partial charge in [-0.3, -0.25) is 10.1 Å². The number of esters is 1. The van der Waals surface area contributed by atoms with Crippen molar-refractivity contribution in [1.82, 2.24) is 9.55 Å². The third-order valence-corrected chi connectivity index (χ3v) is 4.88. The predicted octanol–water partition coefficient (Wildman–Crippen LogP) is 3.09. The van der Waals surface area contributed by atoms with Gasteiger partial charge >= 0.3 is 5.97 Å². The molecule has 7 nitrogen and oxygen atoms in total. The van der Waals surface area contributed by atoms with Crippen molar-refractivity contribution >= 4 is 39.2 Å². The molecule has 3 aromatic rings. The molecule has 0 bridgehead atoms. The summed E-state index contributed by atoms with van der Waals surface area (Å²) in [7, 11) is 2.96. The van der Waals surface area contributed by atoms with Gasteiger partial charge in [0.25, 0.3) is 5.91 Å². The Labute approximate surface area is 154 Å². The van der Waals surface area contributed by atoms with Gasteiger partial charge in [0.15, 0.2) is 10.8 Å². The molecule has 3 rings (SSSR count). The monoisotopic (exact) mass is 373 g/mol. The van der Waals surface area contributed by atoms with E-state index in [1.165, 1.54) is 18.4 Å². The minimum atomic E-state index is -0.517. The zero-order valence-electron chi connectivity index (χ0n) is 14.7. The van der Waals surface area contributed by atoms with Crippen molar-refractivity contribution in [3.05, 3.63) is 46.6 Å². The largest absolute Gasteiger partial charge is 0.464 e. The van der Waals surface area contributed by atoms with Crippen molar-refractivity contribution < 1.29 is 19.1 Å².